The minimum atomic E-state index is -3.18. The highest BCUT2D eigenvalue weighted by molar-refractivity contribution is 8.00. The number of hydrogen-bond donors (Lipinski definition) is 0. The van der Waals surface area contributed by atoms with E-state index in [2.05, 4.69) is 4.98 Å². The molecule has 0 aliphatic heterocycles. The molecule has 3 nitrogen and oxygen atoms in total. The summed E-state index contributed by atoms with van der Waals surface area (Å²) in [4.78, 5) is 4.52. The number of aromatic nitrogens is 1. The molecule has 0 unspecified atom stereocenters. The van der Waals surface area contributed by atoms with Crippen LogP contribution in [0.25, 0.3) is 0 Å². The fraction of sp³-hybridized carbons (Fsp3) is 0.154. The predicted octanol–water partition coefficient (Wildman–Crippen LogP) is 2.65. The number of benzene rings is 1. The molecular formula is C13H13NO2S2. The van der Waals surface area contributed by atoms with E-state index in [0.29, 0.717) is 10.6 Å². The van der Waals surface area contributed by atoms with Gasteiger partial charge in [-0.15, -0.1) is 11.8 Å². The van der Waals surface area contributed by atoms with Crippen LogP contribution in [0.2, 0.25) is 0 Å². The number of pyridine rings is 1. The first kappa shape index (κ1) is 13.1. The molecule has 0 atom stereocenters. The van der Waals surface area contributed by atoms with E-state index in [1.165, 1.54) is 11.8 Å². The molecule has 0 saturated heterocycles. The van der Waals surface area contributed by atoms with Crippen LogP contribution in [0.5, 0.6) is 0 Å². The average molecular weight is 279 g/mol. The number of rotatable bonds is 5. The molecule has 94 valence electrons. The molecule has 0 bridgehead atoms. The Labute approximate surface area is 111 Å². The molecule has 0 aliphatic carbocycles. The van der Waals surface area contributed by atoms with Gasteiger partial charge in [-0.25, -0.2) is 13.4 Å². The smallest absolute Gasteiger partial charge is 0.179 e. The SMILES string of the molecule is O=S(=O)(CCSc1ccccn1)c1ccccc1. The maximum Gasteiger partial charge on any atom is 0.179 e. The molecule has 2 rings (SSSR count). The van der Waals surface area contributed by atoms with Crippen molar-refractivity contribution in [2.45, 2.75) is 9.92 Å². The Hall–Kier alpha value is -1.33. The Morgan fingerprint density at radius 2 is 1.72 bits per heavy atom. The Kier molecular flexibility index (Phi) is 4.38. The molecule has 0 N–H and O–H groups in total. The highest BCUT2D eigenvalue weighted by Gasteiger charge is 2.13. The number of thioether (sulfide) groups is 1. The van der Waals surface area contributed by atoms with Crippen LogP contribution in [0.4, 0.5) is 0 Å². The van der Waals surface area contributed by atoms with E-state index in [1.54, 1.807) is 30.5 Å². The molecule has 18 heavy (non-hydrogen) atoms. The molecule has 1 heterocycles. The second kappa shape index (κ2) is 6.02. The van der Waals surface area contributed by atoms with Crippen molar-refractivity contribution < 1.29 is 8.42 Å². The maximum atomic E-state index is 12.0. The molecule has 1 aromatic heterocycles. The number of hydrogen-bond acceptors (Lipinski definition) is 4. The summed E-state index contributed by atoms with van der Waals surface area (Å²) in [6.07, 6.45) is 1.70. The summed E-state index contributed by atoms with van der Waals surface area (Å²) in [6, 6.07) is 14.1. The molecule has 2 aromatic rings. The first-order chi connectivity index (χ1) is 8.68. The van der Waals surface area contributed by atoms with E-state index >= 15 is 0 Å². The van der Waals surface area contributed by atoms with Gasteiger partial charge in [0.2, 0.25) is 0 Å². The zero-order valence-electron chi connectivity index (χ0n) is 9.69. The highest BCUT2D eigenvalue weighted by Crippen LogP contribution is 2.17. The zero-order valence-corrected chi connectivity index (χ0v) is 11.3. The largest absolute Gasteiger partial charge is 0.250 e. The molecular weight excluding hydrogens is 266 g/mol. The summed E-state index contributed by atoms with van der Waals surface area (Å²) in [5, 5.41) is 0.848. The van der Waals surface area contributed by atoms with Gasteiger partial charge in [-0.3, -0.25) is 0 Å². The van der Waals surface area contributed by atoms with E-state index < -0.39 is 9.84 Å². The fourth-order valence-electron chi connectivity index (χ4n) is 1.43. The lowest BCUT2D eigenvalue weighted by atomic mass is 10.4. The van der Waals surface area contributed by atoms with Gasteiger partial charge in [-0.2, -0.15) is 0 Å². The van der Waals surface area contributed by atoms with Crippen LogP contribution in [0.1, 0.15) is 0 Å². The van der Waals surface area contributed by atoms with Crippen molar-refractivity contribution in [1.82, 2.24) is 4.98 Å². The van der Waals surface area contributed by atoms with Crippen molar-refractivity contribution in [2.24, 2.45) is 0 Å². The molecule has 0 saturated carbocycles. The van der Waals surface area contributed by atoms with Crippen LogP contribution in [-0.2, 0) is 9.84 Å². The summed E-state index contributed by atoms with van der Waals surface area (Å²) in [7, 11) is -3.18. The van der Waals surface area contributed by atoms with E-state index in [0.717, 1.165) is 5.03 Å². The van der Waals surface area contributed by atoms with E-state index in [9.17, 15) is 8.42 Å². The Morgan fingerprint density at radius 1 is 1.00 bits per heavy atom. The first-order valence-electron chi connectivity index (χ1n) is 5.50. The number of sulfone groups is 1. The molecule has 0 aliphatic rings. The topological polar surface area (TPSA) is 47.0 Å². The van der Waals surface area contributed by atoms with E-state index in [4.69, 9.17) is 0 Å². The summed E-state index contributed by atoms with van der Waals surface area (Å²) in [6.45, 7) is 0. The maximum absolute atomic E-state index is 12.0. The zero-order chi connectivity index (χ0) is 12.8. The van der Waals surface area contributed by atoms with Crippen molar-refractivity contribution in [2.75, 3.05) is 11.5 Å². The summed E-state index contributed by atoms with van der Waals surface area (Å²) in [5.41, 5.74) is 0. The Balaban J connectivity index is 1.95. The van der Waals surface area contributed by atoms with Crippen molar-refractivity contribution in [3.8, 4) is 0 Å². The summed E-state index contributed by atoms with van der Waals surface area (Å²) in [5.74, 6) is 0.631. The summed E-state index contributed by atoms with van der Waals surface area (Å²) < 4.78 is 24.0. The van der Waals surface area contributed by atoms with Crippen LogP contribution in [-0.4, -0.2) is 24.9 Å². The second-order valence-corrected chi connectivity index (χ2v) is 6.87. The van der Waals surface area contributed by atoms with Gasteiger partial charge in [0.1, 0.15) is 0 Å². The Morgan fingerprint density at radius 3 is 2.39 bits per heavy atom. The van der Waals surface area contributed by atoms with Gasteiger partial charge in [0.15, 0.2) is 9.84 Å². The minimum Gasteiger partial charge on any atom is -0.250 e. The molecule has 0 radical (unpaired) electrons. The van der Waals surface area contributed by atoms with Crippen molar-refractivity contribution >= 4 is 21.6 Å². The molecule has 0 amide bonds. The normalized spacial score (nSPS) is 11.3. The molecule has 0 spiro atoms. The third-order valence-corrected chi connectivity index (χ3v) is 5.28. The Bertz CT molecular complexity index is 583. The number of nitrogens with zero attached hydrogens (tertiary/aromatic N) is 1. The quantitative estimate of drug-likeness (QED) is 0.789. The van der Waals surface area contributed by atoms with Crippen LogP contribution >= 0.6 is 11.8 Å². The van der Waals surface area contributed by atoms with Gasteiger partial charge >= 0.3 is 0 Å². The molecule has 1 aromatic carbocycles. The van der Waals surface area contributed by atoms with Crippen molar-refractivity contribution in [1.29, 1.82) is 0 Å². The molecule has 0 fully saturated rings. The third kappa shape index (κ3) is 3.58. The van der Waals surface area contributed by atoms with Gasteiger partial charge in [0.05, 0.1) is 15.7 Å². The van der Waals surface area contributed by atoms with Crippen molar-refractivity contribution in [3.63, 3.8) is 0 Å². The van der Waals surface area contributed by atoms with Gasteiger partial charge in [0.25, 0.3) is 0 Å². The lowest BCUT2D eigenvalue weighted by Gasteiger charge is -2.03. The van der Waals surface area contributed by atoms with Crippen LogP contribution in [0.15, 0.2) is 64.6 Å². The average Bonchev–Trinajstić information content (AvgIpc) is 2.41. The van der Waals surface area contributed by atoms with Crippen molar-refractivity contribution in [3.05, 3.63) is 54.7 Å². The second-order valence-electron chi connectivity index (χ2n) is 3.65. The highest BCUT2D eigenvalue weighted by atomic mass is 32.2. The minimum absolute atomic E-state index is 0.123. The van der Waals surface area contributed by atoms with Gasteiger partial charge in [-0.1, -0.05) is 24.3 Å². The first-order valence-corrected chi connectivity index (χ1v) is 8.14. The van der Waals surface area contributed by atoms with Crippen LogP contribution < -0.4 is 0 Å². The van der Waals surface area contributed by atoms with Gasteiger partial charge in [0, 0.05) is 11.9 Å². The predicted molar refractivity (Wildman–Crippen MR) is 73.5 cm³/mol. The third-order valence-electron chi connectivity index (χ3n) is 2.34. The van der Waals surface area contributed by atoms with Gasteiger partial charge in [-0.05, 0) is 24.3 Å². The van der Waals surface area contributed by atoms with E-state index in [1.807, 2.05) is 24.3 Å². The standard InChI is InChI=1S/C13H13NO2S2/c15-18(16,12-6-2-1-3-7-12)11-10-17-13-8-4-5-9-14-13/h1-9H,10-11H2. The van der Waals surface area contributed by atoms with Gasteiger partial charge < -0.3 is 0 Å². The fourth-order valence-corrected chi connectivity index (χ4v) is 3.97. The lowest BCUT2D eigenvalue weighted by molar-refractivity contribution is 0.597. The van der Waals surface area contributed by atoms with Crippen LogP contribution in [0, 0.1) is 0 Å². The summed E-state index contributed by atoms with van der Waals surface area (Å²) >= 11 is 1.45. The van der Waals surface area contributed by atoms with Crippen LogP contribution in [0.3, 0.4) is 0 Å². The molecule has 5 heteroatoms. The lowest BCUT2D eigenvalue weighted by Crippen LogP contribution is -2.08. The van der Waals surface area contributed by atoms with E-state index in [-0.39, 0.29) is 5.75 Å². The monoisotopic (exact) mass is 279 g/mol.